The van der Waals surface area contributed by atoms with E-state index in [-0.39, 0.29) is 24.5 Å². The fourth-order valence-corrected chi connectivity index (χ4v) is 3.03. The highest BCUT2D eigenvalue weighted by Gasteiger charge is 2.27. The lowest BCUT2D eigenvalue weighted by atomic mass is 10.1. The van der Waals surface area contributed by atoms with E-state index in [0.29, 0.717) is 36.0 Å². The summed E-state index contributed by atoms with van der Waals surface area (Å²) in [4.78, 5) is 27.0. The number of ether oxygens (including phenoxy) is 2. The Hall–Kier alpha value is -2.87. The highest BCUT2D eigenvalue weighted by molar-refractivity contribution is 6.00. The van der Waals surface area contributed by atoms with Crippen molar-refractivity contribution in [1.29, 1.82) is 0 Å². The number of methoxy groups -OCH3 is 1. The predicted octanol–water partition coefficient (Wildman–Crippen LogP) is 2.25. The molecule has 1 aliphatic rings. The van der Waals surface area contributed by atoms with Gasteiger partial charge in [0.25, 0.3) is 5.91 Å². The first-order chi connectivity index (χ1) is 13.1. The Morgan fingerprint density at radius 1 is 1.37 bits per heavy atom. The van der Waals surface area contributed by atoms with E-state index < -0.39 is 0 Å². The summed E-state index contributed by atoms with van der Waals surface area (Å²) >= 11 is 0. The van der Waals surface area contributed by atoms with Crippen LogP contribution in [0, 0.1) is 6.92 Å². The molecule has 1 atom stereocenters. The van der Waals surface area contributed by atoms with E-state index in [2.05, 4.69) is 10.5 Å². The molecular formula is C19H23N3O5. The van der Waals surface area contributed by atoms with E-state index in [0.717, 1.165) is 12.8 Å². The smallest absolute Gasteiger partial charge is 0.258 e. The summed E-state index contributed by atoms with van der Waals surface area (Å²) in [7, 11) is 1.51. The minimum absolute atomic E-state index is 0.0780. The summed E-state index contributed by atoms with van der Waals surface area (Å²) in [5.74, 6) is 0.734. The summed E-state index contributed by atoms with van der Waals surface area (Å²) in [6, 6.07) is 8.57. The molecule has 3 rings (SSSR count). The number of nitrogens with zero attached hydrogens (tertiary/aromatic N) is 2. The van der Waals surface area contributed by atoms with E-state index in [1.54, 1.807) is 37.3 Å². The van der Waals surface area contributed by atoms with Gasteiger partial charge in [0.05, 0.1) is 18.8 Å². The third-order valence-corrected chi connectivity index (χ3v) is 4.30. The molecule has 1 unspecified atom stereocenters. The van der Waals surface area contributed by atoms with Crippen molar-refractivity contribution >= 4 is 17.6 Å². The van der Waals surface area contributed by atoms with Gasteiger partial charge in [0, 0.05) is 19.2 Å². The topological polar surface area (TPSA) is 93.9 Å². The number of carbonyl (C=O) groups excluding carboxylic acids is 2. The Bertz CT molecular complexity index is 798. The summed E-state index contributed by atoms with van der Waals surface area (Å²) in [5.41, 5.74) is 0.406. The first-order valence-corrected chi connectivity index (χ1v) is 8.84. The monoisotopic (exact) mass is 373 g/mol. The van der Waals surface area contributed by atoms with Crippen LogP contribution >= 0.6 is 0 Å². The number of aromatic nitrogens is 1. The zero-order chi connectivity index (χ0) is 19.2. The molecule has 1 fully saturated rings. The maximum absolute atomic E-state index is 13.1. The van der Waals surface area contributed by atoms with E-state index >= 15 is 0 Å². The quantitative estimate of drug-likeness (QED) is 0.800. The molecule has 0 saturated carbocycles. The molecule has 1 aliphatic heterocycles. The highest BCUT2D eigenvalue weighted by atomic mass is 16.5. The van der Waals surface area contributed by atoms with Gasteiger partial charge in [-0.05, 0) is 31.9 Å². The van der Waals surface area contributed by atoms with Crippen molar-refractivity contribution in [3.8, 4) is 5.75 Å². The number of hydrogen-bond acceptors (Lipinski definition) is 6. The third-order valence-electron chi connectivity index (χ3n) is 4.30. The first-order valence-electron chi connectivity index (χ1n) is 8.84. The third kappa shape index (κ3) is 4.85. The number of anilines is 1. The summed E-state index contributed by atoms with van der Waals surface area (Å²) < 4.78 is 15.9. The standard InChI is InChI=1S/C19H23N3O5/c1-13-10-17(21-27-13)20-18(23)12-22(11-14-6-5-9-26-14)19(24)15-7-3-4-8-16(15)25-2/h3-4,7-8,10,14H,5-6,9,11-12H2,1-2H3,(H,20,21,23). The van der Waals surface area contributed by atoms with Crippen molar-refractivity contribution < 1.29 is 23.6 Å². The maximum Gasteiger partial charge on any atom is 0.258 e. The SMILES string of the molecule is COc1ccccc1C(=O)N(CC(=O)Nc1cc(C)on1)CC1CCCO1. The number of carbonyl (C=O) groups is 2. The molecule has 2 amide bonds. The molecule has 144 valence electrons. The number of aryl methyl sites for hydroxylation is 1. The van der Waals surface area contributed by atoms with Crippen LogP contribution in [0.5, 0.6) is 5.75 Å². The van der Waals surface area contributed by atoms with Crippen LogP contribution in [0.3, 0.4) is 0 Å². The number of rotatable bonds is 7. The molecule has 0 radical (unpaired) electrons. The molecule has 2 heterocycles. The Morgan fingerprint density at radius 2 is 2.19 bits per heavy atom. The normalized spacial score (nSPS) is 16.1. The van der Waals surface area contributed by atoms with Gasteiger partial charge >= 0.3 is 0 Å². The van der Waals surface area contributed by atoms with Gasteiger partial charge in [-0.15, -0.1) is 0 Å². The molecule has 1 saturated heterocycles. The summed E-state index contributed by atoms with van der Waals surface area (Å²) in [6.07, 6.45) is 1.73. The number of para-hydroxylation sites is 1. The summed E-state index contributed by atoms with van der Waals surface area (Å²) in [5, 5.41) is 6.38. The Labute approximate surface area is 157 Å². The van der Waals surface area contributed by atoms with Gasteiger partial charge in [-0.3, -0.25) is 9.59 Å². The van der Waals surface area contributed by atoms with E-state index in [1.165, 1.54) is 12.0 Å². The molecule has 8 heteroatoms. The predicted molar refractivity (Wildman–Crippen MR) is 97.7 cm³/mol. The van der Waals surface area contributed by atoms with Crippen molar-refractivity contribution in [1.82, 2.24) is 10.1 Å². The number of amides is 2. The average molecular weight is 373 g/mol. The van der Waals surface area contributed by atoms with Crippen molar-refractivity contribution in [2.45, 2.75) is 25.9 Å². The fourth-order valence-electron chi connectivity index (χ4n) is 3.03. The van der Waals surface area contributed by atoms with Crippen LogP contribution < -0.4 is 10.1 Å². The van der Waals surface area contributed by atoms with Crippen LogP contribution in [0.15, 0.2) is 34.9 Å². The van der Waals surface area contributed by atoms with E-state index in [1.807, 2.05) is 0 Å². The molecule has 1 N–H and O–H groups in total. The van der Waals surface area contributed by atoms with Crippen LogP contribution in [0.2, 0.25) is 0 Å². The van der Waals surface area contributed by atoms with Crippen LogP contribution in [-0.4, -0.2) is 54.8 Å². The second kappa shape index (κ2) is 8.68. The largest absolute Gasteiger partial charge is 0.496 e. The van der Waals surface area contributed by atoms with Gasteiger partial charge in [-0.2, -0.15) is 0 Å². The average Bonchev–Trinajstić information content (AvgIpc) is 3.32. The van der Waals surface area contributed by atoms with E-state index in [4.69, 9.17) is 14.0 Å². The lowest BCUT2D eigenvalue weighted by Gasteiger charge is -2.25. The van der Waals surface area contributed by atoms with Crippen molar-refractivity contribution in [3.63, 3.8) is 0 Å². The fraction of sp³-hybridized carbons (Fsp3) is 0.421. The van der Waals surface area contributed by atoms with Gasteiger partial charge in [0.15, 0.2) is 5.82 Å². The molecule has 8 nitrogen and oxygen atoms in total. The van der Waals surface area contributed by atoms with Crippen LogP contribution in [0.4, 0.5) is 5.82 Å². The van der Waals surface area contributed by atoms with Crippen molar-refractivity contribution in [3.05, 3.63) is 41.7 Å². The van der Waals surface area contributed by atoms with Crippen molar-refractivity contribution in [2.75, 3.05) is 32.1 Å². The minimum Gasteiger partial charge on any atom is -0.496 e. The van der Waals surface area contributed by atoms with Crippen LogP contribution in [-0.2, 0) is 9.53 Å². The zero-order valence-electron chi connectivity index (χ0n) is 15.4. The lowest BCUT2D eigenvalue weighted by Crippen LogP contribution is -2.42. The Kier molecular flexibility index (Phi) is 6.08. The second-order valence-electron chi connectivity index (χ2n) is 6.39. The number of hydrogen-bond donors (Lipinski definition) is 1. The molecule has 0 aliphatic carbocycles. The molecule has 2 aromatic rings. The highest BCUT2D eigenvalue weighted by Crippen LogP contribution is 2.21. The molecule has 0 bridgehead atoms. The second-order valence-corrected chi connectivity index (χ2v) is 6.39. The molecule has 1 aromatic carbocycles. The minimum atomic E-state index is -0.357. The van der Waals surface area contributed by atoms with E-state index in [9.17, 15) is 9.59 Å². The lowest BCUT2D eigenvalue weighted by molar-refractivity contribution is -0.117. The van der Waals surface area contributed by atoms with Gasteiger partial charge < -0.3 is 24.2 Å². The number of nitrogens with one attached hydrogen (secondary N) is 1. The maximum atomic E-state index is 13.1. The van der Waals surface area contributed by atoms with Gasteiger partial charge in [-0.1, -0.05) is 17.3 Å². The molecule has 0 spiro atoms. The molecule has 27 heavy (non-hydrogen) atoms. The van der Waals surface area contributed by atoms with Crippen LogP contribution in [0.1, 0.15) is 29.0 Å². The first kappa shape index (κ1) is 18.9. The van der Waals surface area contributed by atoms with Gasteiger partial charge in [0.1, 0.15) is 18.1 Å². The molecule has 1 aromatic heterocycles. The van der Waals surface area contributed by atoms with Gasteiger partial charge in [0.2, 0.25) is 5.91 Å². The van der Waals surface area contributed by atoms with Crippen LogP contribution in [0.25, 0.3) is 0 Å². The Morgan fingerprint density at radius 3 is 2.85 bits per heavy atom. The number of benzene rings is 1. The molecular weight excluding hydrogens is 350 g/mol. The van der Waals surface area contributed by atoms with Crippen molar-refractivity contribution in [2.24, 2.45) is 0 Å². The summed E-state index contributed by atoms with van der Waals surface area (Å²) in [6.45, 7) is 2.62. The Balaban J connectivity index is 1.75. The zero-order valence-corrected chi connectivity index (χ0v) is 15.4. The van der Waals surface area contributed by atoms with Gasteiger partial charge in [-0.25, -0.2) is 0 Å².